The van der Waals surface area contributed by atoms with E-state index >= 15 is 0 Å². The predicted molar refractivity (Wildman–Crippen MR) is 99.0 cm³/mol. The van der Waals surface area contributed by atoms with Crippen molar-refractivity contribution in [2.45, 2.75) is 31.8 Å². The maximum absolute atomic E-state index is 11.9. The standard InChI is InChI=1S/C16H20ClN5O2S/c1-9(2)15-20-16(22-21-15)25-8-14(24)18-7-13(23)19-12-6-4-5-11(17)10(12)3/h4-6,9H,7-8H2,1-3H3,(H,18,24)(H,19,23)(H,20,21,22). The number of hydrogen-bond acceptors (Lipinski definition) is 5. The van der Waals surface area contributed by atoms with Gasteiger partial charge in [-0.25, -0.2) is 4.98 Å². The quantitative estimate of drug-likeness (QED) is 0.640. The van der Waals surface area contributed by atoms with E-state index in [1.165, 1.54) is 11.8 Å². The van der Waals surface area contributed by atoms with E-state index in [0.717, 1.165) is 11.4 Å². The summed E-state index contributed by atoms with van der Waals surface area (Å²) in [6, 6.07) is 5.26. The summed E-state index contributed by atoms with van der Waals surface area (Å²) in [5.41, 5.74) is 1.41. The molecule has 2 rings (SSSR count). The molecule has 0 unspecified atom stereocenters. The number of hydrogen-bond donors (Lipinski definition) is 3. The van der Waals surface area contributed by atoms with Crippen molar-refractivity contribution in [3.05, 3.63) is 34.6 Å². The largest absolute Gasteiger partial charge is 0.346 e. The highest BCUT2D eigenvalue weighted by Crippen LogP contribution is 2.22. The number of halogens is 1. The van der Waals surface area contributed by atoms with Crippen molar-refractivity contribution in [1.82, 2.24) is 20.5 Å². The summed E-state index contributed by atoms with van der Waals surface area (Å²) < 4.78 is 0. The molecule has 7 nitrogen and oxygen atoms in total. The molecule has 0 atom stereocenters. The molecule has 0 fully saturated rings. The van der Waals surface area contributed by atoms with Crippen molar-refractivity contribution in [3.63, 3.8) is 0 Å². The first-order valence-corrected chi connectivity index (χ1v) is 9.10. The monoisotopic (exact) mass is 381 g/mol. The molecule has 1 heterocycles. The second-order valence-corrected chi connectivity index (χ2v) is 7.03. The normalized spacial score (nSPS) is 10.8. The van der Waals surface area contributed by atoms with Gasteiger partial charge in [-0.2, -0.15) is 0 Å². The van der Waals surface area contributed by atoms with E-state index in [0.29, 0.717) is 15.9 Å². The summed E-state index contributed by atoms with van der Waals surface area (Å²) in [6.45, 7) is 5.70. The van der Waals surface area contributed by atoms with Crippen LogP contribution in [0.5, 0.6) is 0 Å². The second kappa shape index (κ2) is 8.87. The van der Waals surface area contributed by atoms with Crippen LogP contribution in [0.25, 0.3) is 0 Å². The van der Waals surface area contributed by atoms with Gasteiger partial charge >= 0.3 is 0 Å². The number of rotatable bonds is 7. The maximum atomic E-state index is 11.9. The smallest absolute Gasteiger partial charge is 0.243 e. The van der Waals surface area contributed by atoms with E-state index in [9.17, 15) is 9.59 Å². The zero-order valence-electron chi connectivity index (χ0n) is 14.2. The molecule has 0 aliphatic carbocycles. The van der Waals surface area contributed by atoms with Crippen LogP contribution in [0.3, 0.4) is 0 Å². The van der Waals surface area contributed by atoms with Gasteiger partial charge in [0, 0.05) is 16.6 Å². The fourth-order valence-electron chi connectivity index (χ4n) is 1.88. The second-order valence-electron chi connectivity index (χ2n) is 5.68. The molecule has 25 heavy (non-hydrogen) atoms. The van der Waals surface area contributed by atoms with Gasteiger partial charge in [-0.15, -0.1) is 5.10 Å². The van der Waals surface area contributed by atoms with Gasteiger partial charge in [-0.1, -0.05) is 43.3 Å². The van der Waals surface area contributed by atoms with Crippen LogP contribution >= 0.6 is 23.4 Å². The number of benzene rings is 1. The number of amides is 2. The molecule has 2 aromatic rings. The minimum Gasteiger partial charge on any atom is -0.346 e. The minimum absolute atomic E-state index is 0.114. The Morgan fingerprint density at radius 1 is 1.32 bits per heavy atom. The van der Waals surface area contributed by atoms with Crippen LogP contribution in [0.2, 0.25) is 5.02 Å². The topological polar surface area (TPSA) is 99.8 Å². The summed E-state index contributed by atoms with van der Waals surface area (Å²) in [5, 5.41) is 13.2. The number of aromatic amines is 1. The Balaban J connectivity index is 1.75. The van der Waals surface area contributed by atoms with E-state index in [-0.39, 0.29) is 30.0 Å². The molecule has 9 heteroatoms. The number of H-pyrrole nitrogens is 1. The molecular formula is C16H20ClN5O2S. The van der Waals surface area contributed by atoms with Gasteiger partial charge in [-0.05, 0) is 24.6 Å². The molecule has 3 N–H and O–H groups in total. The average Bonchev–Trinajstić information content (AvgIpc) is 3.04. The Morgan fingerprint density at radius 3 is 2.76 bits per heavy atom. The molecule has 0 radical (unpaired) electrons. The third-order valence-electron chi connectivity index (χ3n) is 3.35. The molecule has 0 spiro atoms. The molecule has 134 valence electrons. The predicted octanol–water partition coefficient (Wildman–Crippen LogP) is 2.74. The third kappa shape index (κ3) is 5.75. The lowest BCUT2D eigenvalue weighted by Gasteiger charge is -2.10. The van der Waals surface area contributed by atoms with Crippen LogP contribution in [0.1, 0.15) is 31.2 Å². The fourth-order valence-corrected chi connectivity index (χ4v) is 2.69. The summed E-state index contributed by atoms with van der Waals surface area (Å²) in [7, 11) is 0. The molecule has 0 saturated heterocycles. The molecule has 1 aromatic heterocycles. The number of carbonyl (C=O) groups is 2. The molecule has 0 saturated carbocycles. The van der Waals surface area contributed by atoms with Gasteiger partial charge < -0.3 is 10.6 Å². The first kappa shape index (κ1) is 19.3. The number of aromatic nitrogens is 3. The lowest BCUT2D eigenvalue weighted by molar-refractivity contribution is -0.122. The van der Waals surface area contributed by atoms with Crippen LogP contribution < -0.4 is 10.6 Å². The highest BCUT2D eigenvalue weighted by Gasteiger charge is 2.11. The van der Waals surface area contributed by atoms with Crippen LogP contribution in [-0.4, -0.2) is 39.3 Å². The molecule has 0 bridgehead atoms. The Hall–Kier alpha value is -2.06. The van der Waals surface area contributed by atoms with Crippen molar-refractivity contribution in [2.24, 2.45) is 0 Å². The van der Waals surface area contributed by atoms with E-state index in [4.69, 9.17) is 11.6 Å². The highest BCUT2D eigenvalue weighted by molar-refractivity contribution is 7.99. The summed E-state index contributed by atoms with van der Waals surface area (Å²) in [4.78, 5) is 28.0. The molecule has 0 aliphatic heterocycles. The van der Waals surface area contributed by atoms with Crippen LogP contribution in [0.15, 0.2) is 23.4 Å². The molecule has 1 aromatic carbocycles. The number of carbonyl (C=O) groups excluding carboxylic acids is 2. The van der Waals surface area contributed by atoms with Gasteiger partial charge in [-0.3, -0.25) is 14.7 Å². The number of nitrogens with zero attached hydrogens (tertiary/aromatic N) is 2. The fraction of sp³-hybridized carbons (Fsp3) is 0.375. The van der Waals surface area contributed by atoms with Crippen LogP contribution in [0.4, 0.5) is 5.69 Å². The van der Waals surface area contributed by atoms with Crippen molar-refractivity contribution in [2.75, 3.05) is 17.6 Å². The third-order valence-corrected chi connectivity index (χ3v) is 4.61. The lowest BCUT2D eigenvalue weighted by atomic mass is 10.2. The Labute approximate surface area is 155 Å². The first-order chi connectivity index (χ1) is 11.9. The van der Waals surface area contributed by atoms with Gasteiger partial charge in [0.25, 0.3) is 0 Å². The Morgan fingerprint density at radius 2 is 2.08 bits per heavy atom. The highest BCUT2D eigenvalue weighted by atomic mass is 35.5. The summed E-state index contributed by atoms with van der Waals surface area (Å²) in [6.07, 6.45) is 0. The average molecular weight is 382 g/mol. The molecule has 0 aliphatic rings. The molecular weight excluding hydrogens is 362 g/mol. The zero-order valence-corrected chi connectivity index (χ0v) is 15.8. The number of anilines is 1. The van der Waals surface area contributed by atoms with E-state index in [1.54, 1.807) is 18.2 Å². The lowest BCUT2D eigenvalue weighted by Crippen LogP contribution is -2.34. The van der Waals surface area contributed by atoms with Crippen LogP contribution in [-0.2, 0) is 9.59 Å². The van der Waals surface area contributed by atoms with Gasteiger partial charge in [0.2, 0.25) is 17.0 Å². The van der Waals surface area contributed by atoms with Crippen molar-refractivity contribution < 1.29 is 9.59 Å². The van der Waals surface area contributed by atoms with Gasteiger partial charge in [0.1, 0.15) is 5.82 Å². The zero-order chi connectivity index (χ0) is 18.4. The maximum Gasteiger partial charge on any atom is 0.243 e. The Bertz CT molecular complexity index is 763. The van der Waals surface area contributed by atoms with Crippen molar-refractivity contribution in [1.29, 1.82) is 0 Å². The summed E-state index contributed by atoms with van der Waals surface area (Å²) >= 11 is 7.22. The van der Waals surface area contributed by atoms with Crippen LogP contribution in [0, 0.1) is 6.92 Å². The van der Waals surface area contributed by atoms with E-state index < -0.39 is 0 Å². The number of thioether (sulfide) groups is 1. The summed E-state index contributed by atoms with van der Waals surface area (Å²) in [5.74, 6) is 0.579. The Kier molecular flexibility index (Phi) is 6.83. The molecule has 2 amide bonds. The van der Waals surface area contributed by atoms with E-state index in [2.05, 4.69) is 25.8 Å². The first-order valence-electron chi connectivity index (χ1n) is 7.73. The number of nitrogens with one attached hydrogen (secondary N) is 3. The van der Waals surface area contributed by atoms with Crippen molar-refractivity contribution in [3.8, 4) is 0 Å². The van der Waals surface area contributed by atoms with Gasteiger partial charge in [0.05, 0.1) is 12.3 Å². The van der Waals surface area contributed by atoms with Crippen molar-refractivity contribution >= 4 is 40.9 Å². The minimum atomic E-state index is -0.316. The SMILES string of the molecule is Cc1c(Cl)cccc1NC(=O)CNC(=O)CSc1n[nH]c(C(C)C)n1. The van der Waals surface area contributed by atoms with E-state index in [1.807, 2.05) is 20.8 Å². The van der Waals surface area contributed by atoms with Gasteiger partial charge in [0.15, 0.2) is 0 Å².